The highest BCUT2D eigenvalue weighted by Crippen LogP contribution is 2.17. The standard InChI is InChI=1S/C14H21N5O3/c1-18-9-10(8-15-18)12-7-13(22-17-12)14(20)16-11-3-5-19(21-2)6-4-11/h8-9,11,13H,3-7H2,1-2H3,(H,16,20). The van der Waals surface area contributed by atoms with Crippen LogP contribution in [0.25, 0.3) is 0 Å². The smallest absolute Gasteiger partial charge is 0.264 e. The molecule has 1 unspecified atom stereocenters. The quantitative estimate of drug-likeness (QED) is 0.850. The van der Waals surface area contributed by atoms with E-state index < -0.39 is 6.10 Å². The van der Waals surface area contributed by atoms with Crippen molar-refractivity contribution in [2.24, 2.45) is 12.2 Å². The fourth-order valence-corrected chi connectivity index (χ4v) is 2.74. The van der Waals surface area contributed by atoms with Gasteiger partial charge in [0.25, 0.3) is 5.91 Å². The number of aromatic nitrogens is 2. The Bertz CT molecular complexity index is 563. The molecule has 3 rings (SSSR count). The van der Waals surface area contributed by atoms with E-state index in [0.29, 0.717) is 6.42 Å². The molecule has 1 aromatic heterocycles. The minimum absolute atomic E-state index is 0.0986. The molecule has 2 aliphatic heterocycles. The van der Waals surface area contributed by atoms with Crippen molar-refractivity contribution in [1.82, 2.24) is 20.2 Å². The summed E-state index contributed by atoms with van der Waals surface area (Å²) in [6, 6.07) is 0.171. The summed E-state index contributed by atoms with van der Waals surface area (Å²) < 4.78 is 1.70. The fraction of sp³-hybridized carbons (Fsp3) is 0.643. The molecule has 2 aliphatic rings. The number of hydrogen-bond acceptors (Lipinski definition) is 6. The molecule has 0 aromatic carbocycles. The van der Waals surface area contributed by atoms with Gasteiger partial charge in [0.1, 0.15) is 0 Å². The third kappa shape index (κ3) is 3.28. The molecule has 8 nitrogen and oxygen atoms in total. The van der Waals surface area contributed by atoms with Crippen LogP contribution in [0.15, 0.2) is 17.5 Å². The maximum atomic E-state index is 12.3. The first-order valence-corrected chi connectivity index (χ1v) is 7.47. The third-order valence-electron chi connectivity index (χ3n) is 4.06. The van der Waals surface area contributed by atoms with E-state index in [4.69, 9.17) is 9.68 Å². The maximum Gasteiger partial charge on any atom is 0.264 e. The molecule has 22 heavy (non-hydrogen) atoms. The summed E-state index contributed by atoms with van der Waals surface area (Å²) in [4.78, 5) is 22.7. The number of carbonyl (C=O) groups is 1. The average molecular weight is 307 g/mol. The number of oxime groups is 1. The highest BCUT2D eigenvalue weighted by molar-refractivity contribution is 6.03. The Hall–Kier alpha value is -1.93. The first-order chi connectivity index (χ1) is 10.7. The number of amides is 1. The van der Waals surface area contributed by atoms with Gasteiger partial charge in [-0.15, -0.1) is 0 Å². The highest BCUT2D eigenvalue weighted by Gasteiger charge is 2.31. The SMILES string of the molecule is CON1CCC(NC(=O)C2CC(c3cnn(C)c3)=NO2)CC1. The van der Waals surface area contributed by atoms with Crippen LogP contribution in [-0.4, -0.2) is 58.8 Å². The average Bonchev–Trinajstić information content (AvgIpc) is 3.16. The predicted molar refractivity (Wildman–Crippen MR) is 79.0 cm³/mol. The Balaban J connectivity index is 1.48. The topological polar surface area (TPSA) is 81.0 Å². The van der Waals surface area contributed by atoms with E-state index in [0.717, 1.165) is 37.2 Å². The van der Waals surface area contributed by atoms with Crippen molar-refractivity contribution in [3.05, 3.63) is 18.0 Å². The Kier molecular flexibility index (Phi) is 4.39. The number of hydroxylamine groups is 2. The monoisotopic (exact) mass is 307 g/mol. The minimum Gasteiger partial charge on any atom is -0.382 e. The lowest BCUT2D eigenvalue weighted by atomic mass is 10.0. The van der Waals surface area contributed by atoms with Gasteiger partial charge in [-0.2, -0.15) is 10.2 Å². The third-order valence-corrected chi connectivity index (χ3v) is 4.06. The van der Waals surface area contributed by atoms with E-state index in [1.165, 1.54) is 0 Å². The Morgan fingerprint density at radius 3 is 2.86 bits per heavy atom. The summed E-state index contributed by atoms with van der Waals surface area (Å²) in [6.45, 7) is 1.65. The van der Waals surface area contributed by atoms with Crippen LogP contribution >= 0.6 is 0 Å². The molecule has 3 heterocycles. The molecule has 120 valence electrons. The molecule has 1 saturated heterocycles. The molecule has 1 fully saturated rings. The molecule has 0 bridgehead atoms. The lowest BCUT2D eigenvalue weighted by Gasteiger charge is -2.30. The van der Waals surface area contributed by atoms with Crippen molar-refractivity contribution >= 4 is 11.6 Å². The Morgan fingerprint density at radius 1 is 1.45 bits per heavy atom. The number of aryl methyl sites for hydroxylation is 1. The highest BCUT2D eigenvalue weighted by atomic mass is 16.7. The lowest BCUT2D eigenvalue weighted by molar-refractivity contribution is -0.148. The van der Waals surface area contributed by atoms with Gasteiger partial charge in [0.2, 0.25) is 6.10 Å². The van der Waals surface area contributed by atoms with Crippen molar-refractivity contribution in [2.75, 3.05) is 20.2 Å². The summed E-state index contributed by atoms with van der Waals surface area (Å²) in [5, 5.41) is 13.1. The largest absolute Gasteiger partial charge is 0.382 e. The van der Waals surface area contributed by atoms with Gasteiger partial charge in [0, 0.05) is 44.4 Å². The zero-order valence-electron chi connectivity index (χ0n) is 12.9. The van der Waals surface area contributed by atoms with E-state index in [-0.39, 0.29) is 11.9 Å². The molecule has 8 heteroatoms. The number of hydrogen-bond donors (Lipinski definition) is 1. The van der Waals surface area contributed by atoms with Gasteiger partial charge in [0.05, 0.1) is 19.0 Å². The molecule has 1 N–H and O–H groups in total. The van der Waals surface area contributed by atoms with Gasteiger partial charge >= 0.3 is 0 Å². The van der Waals surface area contributed by atoms with Crippen LogP contribution in [0.1, 0.15) is 24.8 Å². The Labute approximate surface area is 129 Å². The van der Waals surface area contributed by atoms with Crippen LogP contribution in [0.4, 0.5) is 0 Å². The van der Waals surface area contributed by atoms with Crippen molar-refractivity contribution in [3.8, 4) is 0 Å². The molecular weight excluding hydrogens is 286 g/mol. The molecule has 0 spiro atoms. The molecule has 1 amide bonds. The number of nitrogens with one attached hydrogen (secondary N) is 1. The molecule has 1 aromatic rings. The van der Waals surface area contributed by atoms with Crippen molar-refractivity contribution in [2.45, 2.75) is 31.4 Å². The number of nitrogens with zero attached hydrogens (tertiary/aromatic N) is 4. The van der Waals surface area contributed by atoms with Crippen molar-refractivity contribution in [1.29, 1.82) is 0 Å². The van der Waals surface area contributed by atoms with Crippen LogP contribution in [0.3, 0.4) is 0 Å². The molecule has 1 atom stereocenters. The molecule has 0 saturated carbocycles. The van der Waals surface area contributed by atoms with Gasteiger partial charge in [-0.1, -0.05) is 5.16 Å². The first-order valence-electron chi connectivity index (χ1n) is 7.47. The first kappa shape index (κ1) is 15.0. The summed E-state index contributed by atoms with van der Waals surface area (Å²) in [6.07, 6.45) is 5.28. The fourth-order valence-electron chi connectivity index (χ4n) is 2.74. The van der Waals surface area contributed by atoms with E-state index in [9.17, 15) is 4.79 Å². The Morgan fingerprint density at radius 2 is 2.23 bits per heavy atom. The maximum absolute atomic E-state index is 12.3. The van der Waals surface area contributed by atoms with Gasteiger partial charge in [-0.3, -0.25) is 9.48 Å². The number of piperidine rings is 1. The van der Waals surface area contributed by atoms with E-state index in [1.54, 1.807) is 18.0 Å². The lowest BCUT2D eigenvalue weighted by Crippen LogP contribution is -2.47. The molecule has 0 aliphatic carbocycles. The predicted octanol–water partition coefficient (Wildman–Crippen LogP) is 0.0551. The van der Waals surface area contributed by atoms with Crippen LogP contribution in [0.5, 0.6) is 0 Å². The van der Waals surface area contributed by atoms with Gasteiger partial charge < -0.3 is 15.0 Å². The second-order valence-electron chi connectivity index (χ2n) is 5.63. The van der Waals surface area contributed by atoms with E-state index in [1.807, 2.05) is 18.3 Å². The second kappa shape index (κ2) is 6.45. The zero-order chi connectivity index (χ0) is 15.5. The van der Waals surface area contributed by atoms with Gasteiger partial charge in [-0.05, 0) is 12.8 Å². The van der Waals surface area contributed by atoms with Gasteiger partial charge in [0.15, 0.2) is 0 Å². The summed E-state index contributed by atoms with van der Waals surface area (Å²) in [5.74, 6) is -0.0986. The normalized spacial score (nSPS) is 23.2. The molecular formula is C14H21N5O3. The number of rotatable bonds is 4. The second-order valence-corrected chi connectivity index (χ2v) is 5.63. The summed E-state index contributed by atoms with van der Waals surface area (Å²) >= 11 is 0. The van der Waals surface area contributed by atoms with E-state index >= 15 is 0 Å². The summed E-state index contributed by atoms with van der Waals surface area (Å²) in [5.41, 5.74) is 1.66. The number of carbonyl (C=O) groups excluding carboxylic acids is 1. The van der Waals surface area contributed by atoms with Crippen molar-refractivity contribution < 1.29 is 14.5 Å². The van der Waals surface area contributed by atoms with Crippen LogP contribution in [0, 0.1) is 0 Å². The van der Waals surface area contributed by atoms with Crippen LogP contribution in [0.2, 0.25) is 0 Å². The van der Waals surface area contributed by atoms with Crippen molar-refractivity contribution in [3.63, 3.8) is 0 Å². The molecule has 0 radical (unpaired) electrons. The van der Waals surface area contributed by atoms with Gasteiger partial charge in [-0.25, -0.2) is 0 Å². The zero-order valence-corrected chi connectivity index (χ0v) is 12.9. The summed E-state index contributed by atoms with van der Waals surface area (Å²) in [7, 11) is 3.51. The van der Waals surface area contributed by atoms with Crippen LogP contribution < -0.4 is 5.32 Å². The van der Waals surface area contributed by atoms with Crippen LogP contribution in [-0.2, 0) is 21.5 Å². The minimum atomic E-state index is -0.546. The van der Waals surface area contributed by atoms with E-state index in [2.05, 4.69) is 15.6 Å².